The molecule has 0 spiro atoms. The van der Waals surface area contributed by atoms with Gasteiger partial charge in [0.05, 0.1) is 6.10 Å². The molecule has 0 atom stereocenters. The lowest BCUT2D eigenvalue weighted by atomic mass is 10.2. The van der Waals surface area contributed by atoms with E-state index >= 15 is 0 Å². The smallest absolute Gasteiger partial charge is 0.342 e. The van der Waals surface area contributed by atoms with Crippen molar-refractivity contribution in [3.05, 3.63) is 23.8 Å². The summed E-state index contributed by atoms with van der Waals surface area (Å²) >= 11 is 0. The number of phenolic OH excluding ortho intramolecular Hbond substituents is 1. The first-order valence-corrected chi connectivity index (χ1v) is 5.12. The van der Waals surface area contributed by atoms with Crippen LogP contribution in [0.4, 0.5) is 0 Å². The molecule has 1 aromatic carbocycles. The molecule has 0 radical (unpaired) electrons. The monoisotopic (exact) mass is 238 g/mol. The first-order valence-electron chi connectivity index (χ1n) is 5.12. The van der Waals surface area contributed by atoms with Crippen molar-refractivity contribution >= 4 is 11.9 Å². The van der Waals surface area contributed by atoms with Crippen LogP contribution < -0.4 is 4.74 Å². The lowest BCUT2D eigenvalue weighted by Crippen LogP contribution is -2.11. The summed E-state index contributed by atoms with van der Waals surface area (Å²) in [7, 11) is 0. The van der Waals surface area contributed by atoms with Crippen LogP contribution in [0.5, 0.6) is 11.5 Å². The fourth-order valence-electron chi connectivity index (χ4n) is 1.19. The van der Waals surface area contributed by atoms with Crippen LogP contribution in [0.1, 0.15) is 31.1 Å². The molecule has 0 amide bonds. The number of carbonyl (C=O) groups excluding carboxylic acids is 2. The van der Waals surface area contributed by atoms with Gasteiger partial charge in [0, 0.05) is 13.0 Å². The molecule has 1 rings (SSSR count). The minimum Gasteiger partial charge on any atom is -0.507 e. The zero-order chi connectivity index (χ0) is 13.0. The van der Waals surface area contributed by atoms with Crippen molar-refractivity contribution in [3.63, 3.8) is 0 Å². The van der Waals surface area contributed by atoms with E-state index in [1.54, 1.807) is 13.8 Å². The normalized spacial score (nSPS) is 10.1. The van der Waals surface area contributed by atoms with Gasteiger partial charge in [0.1, 0.15) is 17.1 Å². The number of ether oxygens (including phenoxy) is 2. The highest BCUT2D eigenvalue weighted by molar-refractivity contribution is 5.92. The van der Waals surface area contributed by atoms with Crippen molar-refractivity contribution in [1.29, 1.82) is 0 Å². The number of benzene rings is 1. The molecule has 92 valence electrons. The summed E-state index contributed by atoms with van der Waals surface area (Å²) in [6.45, 7) is 4.67. The molecule has 0 aliphatic heterocycles. The number of hydrogen-bond donors (Lipinski definition) is 1. The molecule has 0 saturated carbocycles. The number of rotatable bonds is 3. The van der Waals surface area contributed by atoms with Crippen LogP contribution in [0.2, 0.25) is 0 Å². The number of hydrogen-bond acceptors (Lipinski definition) is 5. The van der Waals surface area contributed by atoms with Gasteiger partial charge in [0.15, 0.2) is 0 Å². The molecular weight excluding hydrogens is 224 g/mol. The summed E-state index contributed by atoms with van der Waals surface area (Å²) in [6.07, 6.45) is -0.268. The average Bonchev–Trinajstić information content (AvgIpc) is 2.14. The minimum atomic E-state index is -0.619. The lowest BCUT2D eigenvalue weighted by molar-refractivity contribution is -0.131. The summed E-state index contributed by atoms with van der Waals surface area (Å²) in [5, 5.41) is 9.60. The van der Waals surface area contributed by atoms with Crippen molar-refractivity contribution in [2.24, 2.45) is 0 Å². The van der Waals surface area contributed by atoms with Crippen LogP contribution in [-0.4, -0.2) is 23.1 Å². The predicted molar refractivity (Wildman–Crippen MR) is 60.0 cm³/mol. The minimum absolute atomic E-state index is 0.0367. The maximum atomic E-state index is 11.5. The Bertz CT molecular complexity index is 437. The highest BCUT2D eigenvalue weighted by Gasteiger charge is 2.15. The van der Waals surface area contributed by atoms with Crippen LogP contribution >= 0.6 is 0 Å². The van der Waals surface area contributed by atoms with Crippen molar-refractivity contribution in [1.82, 2.24) is 0 Å². The molecule has 1 aromatic rings. The third kappa shape index (κ3) is 3.79. The molecule has 5 nitrogen and oxygen atoms in total. The van der Waals surface area contributed by atoms with E-state index in [2.05, 4.69) is 0 Å². The predicted octanol–water partition coefficient (Wildman–Crippen LogP) is 1.88. The van der Waals surface area contributed by atoms with Gasteiger partial charge in [0.25, 0.3) is 0 Å². The van der Waals surface area contributed by atoms with Gasteiger partial charge >= 0.3 is 11.9 Å². The van der Waals surface area contributed by atoms with Crippen LogP contribution in [0.15, 0.2) is 18.2 Å². The Morgan fingerprint density at radius 2 is 1.94 bits per heavy atom. The van der Waals surface area contributed by atoms with Gasteiger partial charge in [-0.2, -0.15) is 0 Å². The quantitative estimate of drug-likeness (QED) is 0.643. The largest absolute Gasteiger partial charge is 0.507 e. The second-order valence-electron chi connectivity index (χ2n) is 3.73. The second kappa shape index (κ2) is 5.34. The van der Waals surface area contributed by atoms with Crippen molar-refractivity contribution in [3.8, 4) is 11.5 Å². The molecule has 5 heteroatoms. The zero-order valence-electron chi connectivity index (χ0n) is 9.89. The van der Waals surface area contributed by atoms with E-state index in [1.807, 2.05) is 0 Å². The highest BCUT2D eigenvalue weighted by Crippen LogP contribution is 2.24. The Morgan fingerprint density at radius 3 is 2.41 bits per heavy atom. The summed E-state index contributed by atoms with van der Waals surface area (Å²) in [6, 6.07) is 3.95. The van der Waals surface area contributed by atoms with E-state index in [1.165, 1.54) is 25.1 Å². The van der Waals surface area contributed by atoms with Crippen molar-refractivity contribution in [2.45, 2.75) is 26.9 Å². The van der Waals surface area contributed by atoms with Crippen LogP contribution in [0, 0.1) is 0 Å². The summed E-state index contributed by atoms with van der Waals surface area (Å²) in [4.78, 5) is 22.2. The van der Waals surface area contributed by atoms with Crippen LogP contribution in [-0.2, 0) is 9.53 Å². The standard InChI is InChI=1S/C12H14O5/c1-7(2)16-12(15)10-5-4-9(6-11(10)14)17-8(3)13/h4-7,14H,1-3H3. The average molecular weight is 238 g/mol. The highest BCUT2D eigenvalue weighted by atomic mass is 16.5. The van der Waals surface area contributed by atoms with Gasteiger partial charge in [-0.25, -0.2) is 4.79 Å². The fraction of sp³-hybridized carbons (Fsp3) is 0.333. The SMILES string of the molecule is CC(=O)Oc1ccc(C(=O)OC(C)C)c(O)c1. The van der Waals surface area contributed by atoms with E-state index in [-0.39, 0.29) is 23.2 Å². The number of esters is 2. The molecule has 0 unspecified atom stereocenters. The van der Waals surface area contributed by atoms with Crippen molar-refractivity contribution < 1.29 is 24.2 Å². The van der Waals surface area contributed by atoms with Gasteiger partial charge in [-0.1, -0.05) is 0 Å². The Kier molecular flexibility index (Phi) is 4.09. The topological polar surface area (TPSA) is 72.8 Å². The summed E-state index contributed by atoms with van der Waals surface area (Å²) in [5.41, 5.74) is 0.0367. The van der Waals surface area contributed by atoms with Crippen molar-refractivity contribution in [2.75, 3.05) is 0 Å². The Morgan fingerprint density at radius 1 is 1.29 bits per heavy atom. The van der Waals surface area contributed by atoms with Gasteiger partial charge in [0.2, 0.25) is 0 Å². The number of carbonyl (C=O) groups is 2. The molecule has 0 fully saturated rings. The van der Waals surface area contributed by atoms with Gasteiger partial charge in [-0.05, 0) is 26.0 Å². The second-order valence-corrected chi connectivity index (χ2v) is 3.73. The third-order valence-corrected chi connectivity index (χ3v) is 1.79. The molecular formula is C12H14O5. The fourth-order valence-corrected chi connectivity index (χ4v) is 1.19. The summed E-state index contributed by atoms with van der Waals surface area (Å²) in [5.74, 6) is -1.22. The van der Waals surface area contributed by atoms with Gasteiger partial charge in [-0.15, -0.1) is 0 Å². The van der Waals surface area contributed by atoms with Crippen LogP contribution in [0.25, 0.3) is 0 Å². The third-order valence-electron chi connectivity index (χ3n) is 1.79. The van der Waals surface area contributed by atoms with E-state index in [9.17, 15) is 14.7 Å². The van der Waals surface area contributed by atoms with E-state index in [0.29, 0.717) is 0 Å². The first-order chi connectivity index (χ1) is 7.90. The maximum absolute atomic E-state index is 11.5. The van der Waals surface area contributed by atoms with E-state index < -0.39 is 11.9 Å². The van der Waals surface area contributed by atoms with Gasteiger partial charge in [-0.3, -0.25) is 4.79 Å². The molecule has 17 heavy (non-hydrogen) atoms. The maximum Gasteiger partial charge on any atom is 0.342 e. The molecule has 0 saturated heterocycles. The molecule has 0 aliphatic carbocycles. The van der Waals surface area contributed by atoms with E-state index in [0.717, 1.165) is 0 Å². The molecule has 0 bridgehead atoms. The first kappa shape index (κ1) is 13.0. The number of aromatic hydroxyl groups is 1. The lowest BCUT2D eigenvalue weighted by Gasteiger charge is -2.09. The Labute approximate surface area is 99.0 Å². The number of phenols is 1. The Hall–Kier alpha value is -2.04. The zero-order valence-corrected chi connectivity index (χ0v) is 9.89. The molecule has 1 N–H and O–H groups in total. The Balaban J connectivity index is 2.89. The van der Waals surface area contributed by atoms with E-state index in [4.69, 9.17) is 9.47 Å². The molecule has 0 heterocycles. The molecule has 0 aliphatic rings. The summed E-state index contributed by atoms with van der Waals surface area (Å²) < 4.78 is 9.69. The van der Waals surface area contributed by atoms with Gasteiger partial charge < -0.3 is 14.6 Å². The molecule has 0 aromatic heterocycles. The van der Waals surface area contributed by atoms with Crippen LogP contribution in [0.3, 0.4) is 0 Å².